The fourth-order valence-corrected chi connectivity index (χ4v) is 2.01. The van der Waals surface area contributed by atoms with Gasteiger partial charge in [-0.2, -0.15) is 0 Å². The summed E-state index contributed by atoms with van der Waals surface area (Å²) in [6, 6.07) is -1.09. The van der Waals surface area contributed by atoms with Crippen LogP contribution in [0.4, 0.5) is 4.79 Å². The van der Waals surface area contributed by atoms with Crippen molar-refractivity contribution in [3.05, 3.63) is 0 Å². The van der Waals surface area contributed by atoms with Gasteiger partial charge in [-0.05, 0) is 12.5 Å². The lowest BCUT2D eigenvalue weighted by atomic mass is 10.1. The number of rotatable bonds is 4. The second-order valence-corrected chi connectivity index (χ2v) is 4.93. The van der Waals surface area contributed by atoms with Crippen LogP contribution in [0.25, 0.3) is 0 Å². The number of likely N-dealkylation sites (N-methyl/N-ethyl adjacent to an activating group) is 1. The predicted molar refractivity (Wildman–Crippen MR) is 68.5 cm³/mol. The van der Waals surface area contributed by atoms with Crippen molar-refractivity contribution in [3.8, 4) is 0 Å². The fraction of sp³-hybridized carbons (Fsp3) is 0.833. The summed E-state index contributed by atoms with van der Waals surface area (Å²) in [4.78, 5) is 26.9. The van der Waals surface area contributed by atoms with Crippen molar-refractivity contribution < 1.29 is 14.7 Å². The van der Waals surface area contributed by atoms with E-state index in [1.54, 1.807) is 18.7 Å². The molecule has 6 heteroatoms. The molecule has 0 aromatic carbocycles. The lowest BCUT2D eigenvalue weighted by molar-refractivity contribution is -0.140. The van der Waals surface area contributed by atoms with Crippen LogP contribution in [-0.4, -0.2) is 65.7 Å². The van der Waals surface area contributed by atoms with Gasteiger partial charge in [0.2, 0.25) is 0 Å². The third kappa shape index (κ3) is 3.87. The van der Waals surface area contributed by atoms with Gasteiger partial charge in [0, 0.05) is 26.2 Å². The Morgan fingerprint density at radius 3 is 2.17 bits per heavy atom. The van der Waals surface area contributed by atoms with E-state index in [0.717, 1.165) is 19.6 Å². The summed E-state index contributed by atoms with van der Waals surface area (Å²) in [6.45, 7) is 9.66. The second-order valence-electron chi connectivity index (χ2n) is 4.93. The zero-order valence-corrected chi connectivity index (χ0v) is 11.3. The SMILES string of the molecule is CCN1CCN(C(=O)N[C@@H](C(=O)O)C(C)C)CC1. The number of carbonyl (C=O) groups is 2. The van der Waals surface area contributed by atoms with Gasteiger partial charge in [-0.15, -0.1) is 0 Å². The highest BCUT2D eigenvalue weighted by Crippen LogP contribution is 2.05. The van der Waals surface area contributed by atoms with E-state index in [1.165, 1.54) is 0 Å². The Bertz CT molecular complexity index is 299. The van der Waals surface area contributed by atoms with Crippen LogP contribution in [0, 0.1) is 5.92 Å². The third-order valence-corrected chi connectivity index (χ3v) is 3.32. The number of nitrogens with one attached hydrogen (secondary N) is 1. The predicted octanol–water partition coefficient (Wildman–Crippen LogP) is 0.443. The van der Waals surface area contributed by atoms with Gasteiger partial charge < -0.3 is 20.2 Å². The van der Waals surface area contributed by atoms with Crippen LogP contribution >= 0.6 is 0 Å². The standard InChI is InChI=1S/C12H23N3O3/c1-4-14-5-7-15(8-6-14)12(18)13-10(9(2)3)11(16)17/h9-10H,4-8H2,1-3H3,(H,13,18)(H,16,17)/t10-/m1/s1. The van der Waals surface area contributed by atoms with Gasteiger partial charge >= 0.3 is 12.0 Å². The minimum Gasteiger partial charge on any atom is -0.480 e. The fourth-order valence-electron chi connectivity index (χ4n) is 2.01. The molecule has 2 N–H and O–H groups in total. The Morgan fingerprint density at radius 1 is 1.22 bits per heavy atom. The first kappa shape index (κ1) is 14.8. The van der Waals surface area contributed by atoms with E-state index in [9.17, 15) is 9.59 Å². The Morgan fingerprint density at radius 2 is 1.78 bits per heavy atom. The first-order valence-corrected chi connectivity index (χ1v) is 6.46. The Labute approximate surface area is 108 Å². The summed E-state index contributed by atoms with van der Waals surface area (Å²) < 4.78 is 0. The molecule has 1 saturated heterocycles. The molecule has 0 aromatic rings. The maximum absolute atomic E-state index is 11.9. The molecular weight excluding hydrogens is 234 g/mol. The van der Waals surface area contributed by atoms with E-state index in [-0.39, 0.29) is 11.9 Å². The average molecular weight is 257 g/mol. The van der Waals surface area contributed by atoms with E-state index in [1.807, 2.05) is 0 Å². The number of amides is 2. The number of carboxylic acids is 1. The summed E-state index contributed by atoms with van der Waals surface area (Å²) in [5.74, 6) is -1.10. The van der Waals surface area contributed by atoms with Crippen LogP contribution in [0.5, 0.6) is 0 Å². The van der Waals surface area contributed by atoms with Gasteiger partial charge in [-0.1, -0.05) is 20.8 Å². The van der Waals surface area contributed by atoms with Gasteiger partial charge in [0.25, 0.3) is 0 Å². The molecular formula is C12H23N3O3. The summed E-state index contributed by atoms with van der Waals surface area (Å²) in [7, 11) is 0. The normalized spacial score (nSPS) is 18.8. The number of hydrogen-bond acceptors (Lipinski definition) is 3. The molecule has 0 spiro atoms. The van der Waals surface area contributed by atoms with E-state index in [4.69, 9.17) is 5.11 Å². The van der Waals surface area contributed by atoms with Crippen molar-refractivity contribution in [2.24, 2.45) is 5.92 Å². The minimum absolute atomic E-state index is 0.122. The van der Waals surface area contributed by atoms with E-state index >= 15 is 0 Å². The summed E-state index contributed by atoms with van der Waals surface area (Å²) in [5.41, 5.74) is 0. The smallest absolute Gasteiger partial charge is 0.326 e. The van der Waals surface area contributed by atoms with Gasteiger partial charge in [0.1, 0.15) is 6.04 Å². The molecule has 2 amide bonds. The first-order valence-electron chi connectivity index (χ1n) is 6.46. The molecule has 0 radical (unpaired) electrons. The maximum Gasteiger partial charge on any atom is 0.326 e. The summed E-state index contributed by atoms with van der Waals surface area (Å²) in [6.07, 6.45) is 0. The molecule has 1 aliphatic heterocycles. The van der Waals surface area contributed by atoms with Crippen LogP contribution in [0.3, 0.4) is 0 Å². The number of carbonyl (C=O) groups excluding carboxylic acids is 1. The zero-order chi connectivity index (χ0) is 13.7. The highest BCUT2D eigenvalue weighted by Gasteiger charge is 2.27. The molecule has 1 fully saturated rings. The molecule has 0 aliphatic carbocycles. The van der Waals surface area contributed by atoms with Crippen molar-refractivity contribution in [1.82, 2.24) is 15.1 Å². The number of nitrogens with zero attached hydrogens (tertiary/aromatic N) is 2. The van der Waals surface area contributed by atoms with Crippen molar-refractivity contribution in [2.75, 3.05) is 32.7 Å². The molecule has 0 saturated carbocycles. The molecule has 6 nitrogen and oxygen atoms in total. The largest absolute Gasteiger partial charge is 0.480 e. The van der Waals surface area contributed by atoms with E-state index < -0.39 is 12.0 Å². The molecule has 0 unspecified atom stereocenters. The Balaban J connectivity index is 2.48. The van der Waals surface area contributed by atoms with E-state index in [0.29, 0.717) is 13.1 Å². The molecule has 1 heterocycles. The Kier molecular flexibility index (Phi) is 5.40. The van der Waals surface area contributed by atoms with Crippen molar-refractivity contribution >= 4 is 12.0 Å². The molecule has 1 aliphatic rings. The highest BCUT2D eigenvalue weighted by molar-refractivity contribution is 5.82. The van der Waals surface area contributed by atoms with Gasteiger partial charge in [-0.25, -0.2) is 9.59 Å². The third-order valence-electron chi connectivity index (χ3n) is 3.32. The van der Waals surface area contributed by atoms with Gasteiger partial charge in [0.15, 0.2) is 0 Å². The molecule has 0 bridgehead atoms. The van der Waals surface area contributed by atoms with Crippen molar-refractivity contribution in [1.29, 1.82) is 0 Å². The number of carboxylic acid groups (broad SMARTS) is 1. The molecule has 1 atom stereocenters. The van der Waals surface area contributed by atoms with Crippen molar-refractivity contribution in [2.45, 2.75) is 26.8 Å². The molecule has 18 heavy (non-hydrogen) atoms. The van der Waals surface area contributed by atoms with Crippen LogP contribution in [0.2, 0.25) is 0 Å². The van der Waals surface area contributed by atoms with Crippen LogP contribution in [0.1, 0.15) is 20.8 Å². The van der Waals surface area contributed by atoms with Crippen LogP contribution < -0.4 is 5.32 Å². The number of piperazine rings is 1. The number of aliphatic carboxylic acids is 1. The highest BCUT2D eigenvalue weighted by atomic mass is 16.4. The van der Waals surface area contributed by atoms with Crippen LogP contribution in [0.15, 0.2) is 0 Å². The summed E-state index contributed by atoms with van der Waals surface area (Å²) in [5, 5.41) is 11.6. The lowest BCUT2D eigenvalue weighted by Gasteiger charge is -2.34. The number of hydrogen-bond donors (Lipinski definition) is 2. The maximum atomic E-state index is 11.9. The topological polar surface area (TPSA) is 72.9 Å². The summed E-state index contributed by atoms with van der Waals surface area (Å²) >= 11 is 0. The van der Waals surface area contributed by atoms with Gasteiger partial charge in [0.05, 0.1) is 0 Å². The monoisotopic (exact) mass is 257 g/mol. The van der Waals surface area contributed by atoms with E-state index in [2.05, 4.69) is 17.1 Å². The molecule has 104 valence electrons. The number of urea groups is 1. The van der Waals surface area contributed by atoms with Gasteiger partial charge in [-0.3, -0.25) is 0 Å². The molecule has 0 aromatic heterocycles. The lowest BCUT2D eigenvalue weighted by Crippen LogP contribution is -2.55. The van der Waals surface area contributed by atoms with Crippen molar-refractivity contribution in [3.63, 3.8) is 0 Å². The zero-order valence-electron chi connectivity index (χ0n) is 11.3. The minimum atomic E-state index is -0.981. The average Bonchev–Trinajstić information content (AvgIpc) is 2.35. The molecule has 1 rings (SSSR count). The quantitative estimate of drug-likeness (QED) is 0.766. The Hall–Kier alpha value is -1.30. The first-order chi connectivity index (χ1) is 8.45. The van der Waals surface area contributed by atoms with Crippen LogP contribution in [-0.2, 0) is 4.79 Å². The second kappa shape index (κ2) is 6.58.